The third-order valence-electron chi connectivity index (χ3n) is 2.79. The highest BCUT2D eigenvalue weighted by Crippen LogP contribution is 2.13. The van der Waals surface area contributed by atoms with E-state index in [2.05, 4.69) is 11.4 Å². The van der Waals surface area contributed by atoms with E-state index in [9.17, 15) is 4.79 Å². The van der Waals surface area contributed by atoms with E-state index in [0.29, 0.717) is 12.0 Å². The van der Waals surface area contributed by atoms with Gasteiger partial charge in [-0.15, -0.1) is 0 Å². The van der Waals surface area contributed by atoms with Crippen LogP contribution in [0.3, 0.4) is 0 Å². The van der Waals surface area contributed by atoms with Crippen LogP contribution in [0.2, 0.25) is 0 Å². The van der Waals surface area contributed by atoms with E-state index >= 15 is 0 Å². The van der Waals surface area contributed by atoms with Gasteiger partial charge in [0, 0.05) is 31.4 Å². The van der Waals surface area contributed by atoms with Crippen molar-refractivity contribution in [3.05, 3.63) is 29.8 Å². The van der Waals surface area contributed by atoms with Crippen molar-refractivity contribution in [1.82, 2.24) is 5.32 Å². The molecule has 96 valence electrons. The first kappa shape index (κ1) is 14.0. The first-order valence-corrected chi connectivity index (χ1v) is 6.03. The van der Waals surface area contributed by atoms with E-state index in [1.165, 1.54) is 0 Å². The largest absolute Gasteiger partial charge is 0.378 e. The van der Waals surface area contributed by atoms with E-state index in [1.54, 1.807) is 6.07 Å². The van der Waals surface area contributed by atoms with E-state index in [4.69, 9.17) is 5.26 Å². The van der Waals surface area contributed by atoms with E-state index in [1.807, 2.05) is 44.1 Å². The van der Waals surface area contributed by atoms with Crippen LogP contribution >= 0.6 is 0 Å². The quantitative estimate of drug-likeness (QED) is 0.865. The van der Waals surface area contributed by atoms with Crippen molar-refractivity contribution in [3.8, 4) is 6.07 Å². The summed E-state index contributed by atoms with van der Waals surface area (Å²) in [6.07, 6.45) is 1.10. The molecule has 0 saturated carbocycles. The Kier molecular flexibility index (Phi) is 5.19. The highest BCUT2D eigenvalue weighted by Gasteiger charge is 2.12. The first-order chi connectivity index (χ1) is 8.58. The minimum Gasteiger partial charge on any atom is -0.378 e. The van der Waals surface area contributed by atoms with Crippen molar-refractivity contribution in [2.75, 3.05) is 19.0 Å². The molecule has 0 aliphatic carbocycles. The maximum atomic E-state index is 12.0. The smallest absolute Gasteiger partial charge is 0.251 e. The van der Waals surface area contributed by atoms with Crippen LogP contribution in [0, 0.1) is 11.3 Å². The molecular formula is C14H19N3O. The number of amides is 1. The molecule has 0 radical (unpaired) electrons. The molecule has 18 heavy (non-hydrogen) atoms. The molecule has 0 aromatic heterocycles. The molecule has 4 heteroatoms. The number of carbonyl (C=O) groups excluding carboxylic acids is 1. The van der Waals surface area contributed by atoms with E-state index in [0.717, 1.165) is 12.1 Å². The molecule has 0 spiro atoms. The van der Waals surface area contributed by atoms with Crippen molar-refractivity contribution in [2.24, 2.45) is 0 Å². The summed E-state index contributed by atoms with van der Waals surface area (Å²) in [5.41, 5.74) is 1.61. The lowest BCUT2D eigenvalue weighted by Gasteiger charge is -2.16. The lowest BCUT2D eigenvalue weighted by atomic mass is 10.1. The Morgan fingerprint density at radius 2 is 2.22 bits per heavy atom. The van der Waals surface area contributed by atoms with Crippen LogP contribution in [0.4, 0.5) is 5.69 Å². The molecule has 0 aliphatic heterocycles. The van der Waals surface area contributed by atoms with Gasteiger partial charge in [-0.25, -0.2) is 0 Å². The summed E-state index contributed by atoms with van der Waals surface area (Å²) in [4.78, 5) is 14.0. The number of hydrogen-bond acceptors (Lipinski definition) is 3. The van der Waals surface area contributed by atoms with Crippen molar-refractivity contribution in [2.45, 2.75) is 25.8 Å². The highest BCUT2D eigenvalue weighted by molar-refractivity contribution is 5.95. The average molecular weight is 245 g/mol. The lowest BCUT2D eigenvalue weighted by molar-refractivity contribution is 0.0936. The molecule has 1 aromatic rings. The molecule has 0 fully saturated rings. The Bertz CT molecular complexity index is 449. The zero-order valence-electron chi connectivity index (χ0n) is 11.1. The summed E-state index contributed by atoms with van der Waals surface area (Å²) in [6.45, 7) is 1.96. The van der Waals surface area contributed by atoms with Gasteiger partial charge in [-0.2, -0.15) is 5.26 Å². The number of rotatable bonds is 5. The van der Waals surface area contributed by atoms with Crippen LogP contribution in [-0.4, -0.2) is 26.0 Å². The van der Waals surface area contributed by atoms with Crippen LogP contribution in [0.5, 0.6) is 0 Å². The van der Waals surface area contributed by atoms with Gasteiger partial charge in [-0.3, -0.25) is 4.79 Å². The maximum absolute atomic E-state index is 12.0. The minimum absolute atomic E-state index is 0.0782. The molecule has 0 bridgehead atoms. The summed E-state index contributed by atoms with van der Waals surface area (Å²) in [5.74, 6) is -0.124. The Morgan fingerprint density at radius 1 is 1.50 bits per heavy atom. The Balaban J connectivity index is 2.78. The van der Waals surface area contributed by atoms with Gasteiger partial charge in [-0.1, -0.05) is 13.0 Å². The van der Waals surface area contributed by atoms with E-state index in [-0.39, 0.29) is 11.9 Å². The fraction of sp³-hybridized carbons (Fsp3) is 0.429. The second-order valence-electron chi connectivity index (χ2n) is 4.39. The summed E-state index contributed by atoms with van der Waals surface area (Å²) in [6, 6.07) is 9.43. The van der Waals surface area contributed by atoms with Crippen molar-refractivity contribution < 1.29 is 4.79 Å². The molecule has 4 nitrogen and oxygen atoms in total. The van der Waals surface area contributed by atoms with E-state index < -0.39 is 0 Å². The standard InChI is InChI=1S/C14H19N3O/c1-4-12(8-9-15)16-14(18)11-6-5-7-13(10-11)17(2)3/h5-7,10,12H,4,8H2,1-3H3,(H,16,18). The number of hydrogen-bond donors (Lipinski definition) is 1. The number of anilines is 1. The van der Waals surface area contributed by atoms with Crippen LogP contribution in [0.1, 0.15) is 30.1 Å². The minimum atomic E-state index is -0.124. The normalized spacial score (nSPS) is 11.4. The number of carbonyl (C=O) groups is 1. The molecule has 1 aromatic carbocycles. The van der Waals surface area contributed by atoms with Gasteiger partial charge in [-0.05, 0) is 24.6 Å². The van der Waals surface area contributed by atoms with Crippen molar-refractivity contribution >= 4 is 11.6 Å². The Hall–Kier alpha value is -2.02. The Morgan fingerprint density at radius 3 is 2.78 bits per heavy atom. The number of nitrogens with one attached hydrogen (secondary N) is 1. The molecule has 0 aliphatic rings. The fourth-order valence-corrected chi connectivity index (χ4v) is 1.60. The van der Waals surface area contributed by atoms with Crippen LogP contribution < -0.4 is 10.2 Å². The number of nitrogens with zero attached hydrogens (tertiary/aromatic N) is 2. The van der Waals surface area contributed by atoms with Crippen LogP contribution in [0.15, 0.2) is 24.3 Å². The summed E-state index contributed by atoms with van der Waals surface area (Å²) >= 11 is 0. The summed E-state index contributed by atoms with van der Waals surface area (Å²) in [7, 11) is 3.86. The zero-order valence-corrected chi connectivity index (χ0v) is 11.1. The fourth-order valence-electron chi connectivity index (χ4n) is 1.60. The molecule has 1 amide bonds. The van der Waals surface area contributed by atoms with Gasteiger partial charge in [0.15, 0.2) is 0 Å². The van der Waals surface area contributed by atoms with Crippen molar-refractivity contribution in [3.63, 3.8) is 0 Å². The third-order valence-corrected chi connectivity index (χ3v) is 2.79. The number of benzene rings is 1. The van der Waals surface area contributed by atoms with Gasteiger partial charge in [0.2, 0.25) is 0 Å². The zero-order chi connectivity index (χ0) is 13.5. The van der Waals surface area contributed by atoms with Gasteiger partial charge in [0.25, 0.3) is 5.91 Å². The lowest BCUT2D eigenvalue weighted by Crippen LogP contribution is -2.34. The number of nitriles is 1. The van der Waals surface area contributed by atoms with Crippen LogP contribution in [-0.2, 0) is 0 Å². The predicted molar refractivity (Wildman–Crippen MR) is 72.5 cm³/mol. The molecule has 0 saturated heterocycles. The molecule has 1 atom stereocenters. The summed E-state index contributed by atoms with van der Waals surface area (Å²) in [5, 5.41) is 11.5. The first-order valence-electron chi connectivity index (χ1n) is 6.03. The molecule has 1 rings (SSSR count). The van der Waals surface area contributed by atoms with Gasteiger partial charge in [0.1, 0.15) is 0 Å². The van der Waals surface area contributed by atoms with Gasteiger partial charge in [0.05, 0.1) is 12.5 Å². The second kappa shape index (κ2) is 6.65. The van der Waals surface area contributed by atoms with Crippen molar-refractivity contribution in [1.29, 1.82) is 5.26 Å². The summed E-state index contributed by atoms with van der Waals surface area (Å²) < 4.78 is 0. The monoisotopic (exact) mass is 245 g/mol. The highest BCUT2D eigenvalue weighted by atomic mass is 16.1. The maximum Gasteiger partial charge on any atom is 0.251 e. The Labute approximate surface area is 108 Å². The second-order valence-corrected chi connectivity index (χ2v) is 4.39. The molecule has 0 heterocycles. The van der Waals surface area contributed by atoms with Gasteiger partial charge < -0.3 is 10.2 Å². The van der Waals surface area contributed by atoms with Crippen LogP contribution in [0.25, 0.3) is 0 Å². The topological polar surface area (TPSA) is 56.1 Å². The molecular weight excluding hydrogens is 226 g/mol. The SMILES string of the molecule is CCC(CC#N)NC(=O)c1cccc(N(C)C)c1. The molecule has 1 unspecified atom stereocenters. The predicted octanol–water partition coefficient (Wildman–Crippen LogP) is 2.17. The molecule has 1 N–H and O–H groups in total. The van der Waals surface area contributed by atoms with Gasteiger partial charge >= 0.3 is 0 Å². The third kappa shape index (κ3) is 3.77. The average Bonchev–Trinajstić information content (AvgIpc) is 2.38.